The number of aromatic nitrogens is 2. The summed E-state index contributed by atoms with van der Waals surface area (Å²) < 4.78 is 18.4. The Morgan fingerprint density at radius 2 is 2.00 bits per heavy atom. The molecule has 2 aromatic rings. The van der Waals surface area contributed by atoms with Crippen LogP contribution in [0.5, 0.6) is 0 Å². The van der Waals surface area contributed by atoms with Gasteiger partial charge in [-0.1, -0.05) is 17.3 Å². The summed E-state index contributed by atoms with van der Waals surface area (Å²) in [5, 5.41) is 4.03. The lowest BCUT2D eigenvalue weighted by Gasteiger charge is -2.25. The monoisotopic (exact) mass is 315 g/mol. The van der Waals surface area contributed by atoms with Gasteiger partial charge in [-0.2, -0.15) is 4.98 Å². The molecule has 5 nitrogen and oxygen atoms in total. The molecule has 1 aromatic heterocycles. The first-order valence-electron chi connectivity index (χ1n) is 8.00. The van der Waals surface area contributed by atoms with Crippen LogP contribution in [0, 0.1) is 5.82 Å². The topological polar surface area (TPSA) is 59.2 Å². The van der Waals surface area contributed by atoms with Crippen molar-refractivity contribution in [3.63, 3.8) is 0 Å². The van der Waals surface area contributed by atoms with Crippen molar-refractivity contribution in [1.29, 1.82) is 0 Å². The van der Waals surface area contributed by atoms with Gasteiger partial charge in [0.1, 0.15) is 5.82 Å². The van der Waals surface area contributed by atoms with Crippen molar-refractivity contribution in [3.05, 3.63) is 47.4 Å². The minimum absolute atomic E-state index is 0.0506. The molecular formula is C17H18FN3O2. The fourth-order valence-corrected chi connectivity index (χ4v) is 3.11. The molecule has 2 aliphatic rings. The third-order valence-corrected chi connectivity index (χ3v) is 4.73. The molecule has 2 atom stereocenters. The van der Waals surface area contributed by atoms with Crippen LogP contribution in [0.25, 0.3) is 0 Å². The molecule has 1 saturated carbocycles. The number of hydrogen-bond donors (Lipinski definition) is 0. The van der Waals surface area contributed by atoms with Crippen LogP contribution in [0.3, 0.4) is 0 Å². The molecule has 1 saturated heterocycles. The van der Waals surface area contributed by atoms with Gasteiger partial charge in [0, 0.05) is 18.9 Å². The lowest BCUT2D eigenvalue weighted by molar-refractivity contribution is -0.129. The largest absolute Gasteiger partial charge is 0.339 e. The molecule has 0 N–H and O–H groups in total. The highest BCUT2D eigenvalue weighted by molar-refractivity contribution is 5.80. The SMILES string of the molecule is CC(c1ccc(F)cc1)N1CC(c2nc(C3CC3)no2)CC1=O. The van der Waals surface area contributed by atoms with Gasteiger partial charge in [0.15, 0.2) is 5.82 Å². The summed E-state index contributed by atoms with van der Waals surface area (Å²) in [6.45, 7) is 2.51. The van der Waals surface area contributed by atoms with Gasteiger partial charge in [-0.3, -0.25) is 4.79 Å². The summed E-state index contributed by atoms with van der Waals surface area (Å²) in [6, 6.07) is 6.18. The van der Waals surface area contributed by atoms with Gasteiger partial charge in [-0.05, 0) is 37.5 Å². The zero-order valence-corrected chi connectivity index (χ0v) is 12.9. The van der Waals surface area contributed by atoms with E-state index in [1.807, 2.05) is 6.92 Å². The van der Waals surface area contributed by atoms with E-state index in [0.717, 1.165) is 24.2 Å². The van der Waals surface area contributed by atoms with Crippen LogP contribution >= 0.6 is 0 Å². The summed E-state index contributed by atoms with van der Waals surface area (Å²) >= 11 is 0. The number of rotatable bonds is 4. The van der Waals surface area contributed by atoms with Crippen molar-refractivity contribution in [1.82, 2.24) is 15.0 Å². The molecule has 0 bridgehead atoms. The van der Waals surface area contributed by atoms with E-state index in [4.69, 9.17) is 4.52 Å². The van der Waals surface area contributed by atoms with Crippen LogP contribution in [0.2, 0.25) is 0 Å². The summed E-state index contributed by atoms with van der Waals surface area (Å²) in [5.74, 6) is 1.53. The minimum atomic E-state index is -0.273. The molecule has 1 aliphatic carbocycles. The molecule has 2 unspecified atom stereocenters. The number of amides is 1. The quantitative estimate of drug-likeness (QED) is 0.869. The summed E-state index contributed by atoms with van der Waals surface area (Å²) in [6.07, 6.45) is 2.63. The number of halogens is 1. The number of carbonyl (C=O) groups is 1. The fraction of sp³-hybridized carbons (Fsp3) is 0.471. The Bertz CT molecular complexity index is 724. The molecule has 120 valence electrons. The summed E-state index contributed by atoms with van der Waals surface area (Å²) in [5.41, 5.74) is 0.921. The fourth-order valence-electron chi connectivity index (χ4n) is 3.11. The van der Waals surface area contributed by atoms with Crippen molar-refractivity contribution in [3.8, 4) is 0 Å². The highest BCUT2D eigenvalue weighted by atomic mass is 19.1. The minimum Gasteiger partial charge on any atom is -0.339 e. The van der Waals surface area contributed by atoms with Crippen molar-refractivity contribution in [2.24, 2.45) is 0 Å². The van der Waals surface area contributed by atoms with E-state index >= 15 is 0 Å². The Morgan fingerprint density at radius 1 is 1.26 bits per heavy atom. The molecule has 2 fully saturated rings. The Balaban J connectivity index is 1.49. The predicted octanol–water partition coefficient (Wildman–Crippen LogP) is 3.16. The van der Waals surface area contributed by atoms with Gasteiger partial charge in [0.25, 0.3) is 0 Å². The number of likely N-dealkylation sites (tertiary alicyclic amines) is 1. The van der Waals surface area contributed by atoms with E-state index < -0.39 is 0 Å². The van der Waals surface area contributed by atoms with Crippen LogP contribution < -0.4 is 0 Å². The van der Waals surface area contributed by atoms with E-state index in [0.29, 0.717) is 24.8 Å². The molecule has 1 amide bonds. The smallest absolute Gasteiger partial charge is 0.232 e. The van der Waals surface area contributed by atoms with Crippen molar-refractivity contribution >= 4 is 5.91 Å². The first-order valence-corrected chi connectivity index (χ1v) is 8.00. The van der Waals surface area contributed by atoms with Crippen molar-refractivity contribution in [2.75, 3.05) is 6.54 Å². The Hall–Kier alpha value is -2.24. The average molecular weight is 315 g/mol. The molecule has 4 rings (SSSR count). The van der Waals surface area contributed by atoms with E-state index in [9.17, 15) is 9.18 Å². The molecule has 0 radical (unpaired) electrons. The van der Waals surface area contributed by atoms with E-state index in [1.165, 1.54) is 12.1 Å². The summed E-state index contributed by atoms with van der Waals surface area (Å²) in [4.78, 5) is 18.6. The van der Waals surface area contributed by atoms with Crippen LogP contribution in [-0.2, 0) is 4.79 Å². The zero-order valence-electron chi connectivity index (χ0n) is 12.9. The zero-order chi connectivity index (χ0) is 16.0. The second-order valence-electron chi connectivity index (χ2n) is 6.44. The third kappa shape index (κ3) is 2.73. The third-order valence-electron chi connectivity index (χ3n) is 4.73. The van der Waals surface area contributed by atoms with Crippen molar-refractivity contribution < 1.29 is 13.7 Å². The number of benzene rings is 1. The Labute approximate surface area is 133 Å². The highest BCUT2D eigenvalue weighted by Gasteiger charge is 2.38. The molecule has 1 aliphatic heterocycles. The van der Waals surface area contributed by atoms with E-state index in [-0.39, 0.29) is 23.7 Å². The van der Waals surface area contributed by atoms with Crippen molar-refractivity contribution in [2.45, 2.75) is 44.1 Å². The Morgan fingerprint density at radius 3 is 2.70 bits per heavy atom. The molecule has 2 heterocycles. The lowest BCUT2D eigenvalue weighted by atomic mass is 10.1. The molecule has 6 heteroatoms. The maximum Gasteiger partial charge on any atom is 0.232 e. The number of hydrogen-bond acceptors (Lipinski definition) is 4. The van der Waals surface area contributed by atoms with Gasteiger partial charge >= 0.3 is 0 Å². The first kappa shape index (κ1) is 14.4. The maximum atomic E-state index is 13.1. The highest BCUT2D eigenvalue weighted by Crippen LogP contribution is 2.39. The first-order chi connectivity index (χ1) is 11.1. The van der Waals surface area contributed by atoms with Crippen LogP contribution in [-0.4, -0.2) is 27.5 Å². The van der Waals surface area contributed by atoms with E-state index in [1.54, 1.807) is 17.0 Å². The Kier molecular flexibility index (Phi) is 3.39. The number of carbonyl (C=O) groups excluding carboxylic acids is 1. The second kappa shape index (κ2) is 5.44. The molecule has 1 aromatic carbocycles. The normalized spacial score (nSPS) is 22.6. The van der Waals surface area contributed by atoms with Crippen LogP contribution in [0.15, 0.2) is 28.8 Å². The maximum absolute atomic E-state index is 13.1. The van der Waals surface area contributed by atoms with Crippen LogP contribution in [0.1, 0.15) is 61.3 Å². The van der Waals surface area contributed by atoms with Gasteiger partial charge in [-0.25, -0.2) is 4.39 Å². The lowest BCUT2D eigenvalue weighted by Crippen LogP contribution is -2.28. The van der Waals surface area contributed by atoms with Gasteiger partial charge in [0.2, 0.25) is 11.8 Å². The van der Waals surface area contributed by atoms with Gasteiger partial charge in [0.05, 0.1) is 12.0 Å². The molecule has 23 heavy (non-hydrogen) atoms. The van der Waals surface area contributed by atoms with Crippen LogP contribution in [0.4, 0.5) is 4.39 Å². The average Bonchev–Trinajstić information content (AvgIpc) is 3.15. The molecular weight excluding hydrogens is 297 g/mol. The summed E-state index contributed by atoms with van der Waals surface area (Å²) in [7, 11) is 0. The molecule has 0 spiro atoms. The van der Waals surface area contributed by atoms with Gasteiger partial charge in [-0.15, -0.1) is 0 Å². The van der Waals surface area contributed by atoms with Gasteiger partial charge < -0.3 is 9.42 Å². The number of nitrogens with zero attached hydrogens (tertiary/aromatic N) is 3. The van der Waals surface area contributed by atoms with E-state index in [2.05, 4.69) is 10.1 Å². The predicted molar refractivity (Wildman–Crippen MR) is 80.2 cm³/mol. The standard InChI is InChI=1S/C17H18FN3O2/c1-10(11-4-6-14(18)7-5-11)21-9-13(8-15(21)22)17-19-16(20-23-17)12-2-3-12/h4-7,10,12-13H,2-3,8-9H2,1H3. The second-order valence-corrected chi connectivity index (χ2v) is 6.44.